The van der Waals surface area contributed by atoms with Gasteiger partial charge in [-0.2, -0.15) is 5.10 Å². The molecule has 0 aliphatic carbocycles. The number of nitrogens with zero attached hydrogens (tertiary/aromatic N) is 2. The van der Waals surface area contributed by atoms with E-state index in [0.29, 0.717) is 0 Å². The standard InChI is InChI=1S/C14H16N4/c1-9-13(15-2)14(17-16-9)11-8-18(3)12-7-5-4-6-10(11)12/h4-8,15H,1-3H3,(H,16,17). The van der Waals surface area contributed by atoms with E-state index < -0.39 is 0 Å². The molecule has 92 valence electrons. The van der Waals surface area contributed by atoms with Crippen molar-refractivity contribution in [3.63, 3.8) is 0 Å². The molecular formula is C14H16N4. The number of hydrogen-bond donors (Lipinski definition) is 2. The molecule has 2 heterocycles. The quantitative estimate of drug-likeness (QED) is 0.723. The number of aryl methyl sites for hydroxylation is 2. The molecule has 3 aromatic rings. The largest absolute Gasteiger partial charge is 0.385 e. The minimum Gasteiger partial charge on any atom is -0.385 e. The molecule has 0 saturated carbocycles. The number of para-hydroxylation sites is 1. The van der Waals surface area contributed by atoms with Gasteiger partial charge < -0.3 is 9.88 Å². The summed E-state index contributed by atoms with van der Waals surface area (Å²) in [5.41, 5.74) is 5.47. The zero-order valence-electron chi connectivity index (χ0n) is 10.8. The summed E-state index contributed by atoms with van der Waals surface area (Å²) >= 11 is 0. The lowest BCUT2D eigenvalue weighted by atomic mass is 10.1. The number of nitrogens with one attached hydrogen (secondary N) is 2. The highest BCUT2D eigenvalue weighted by Crippen LogP contribution is 2.34. The van der Waals surface area contributed by atoms with Crippen molar-refractivity contribution >= 4 is 16.6 Å². The third kappa shape index (κ3) is 1.42. The highest BCUT2D eigenvalue weighted by molar-refractivity contribution is 5.98. The molecule has 0 bridgehead atoms. The van der Waals surface area contributed by atoms with E-state index in [9.17, 15) is 0 Å². The summed E-state index contributed by atoms with van der Waals surface area (Å²) in [6, 6.07) is 8.37. The molecule has 2 N–H and O–H groups in total. The molecule has 0 fully saturated rings. The maximum absolute atomic E-state index is 4.42. The van der Waals surface area contributed by atoms with Crippen LogP contribution in [0.25, 0.3) is 22.2 Å². The molecule has 0 unspecified atom stereocenters. The van der Waals surface area contributed by atoms with Crippen LogP contribution in [-0.2, 0) is 7.05 Å². The lowest BCUT2D eigenvalue weighted by Crippen LogP contribution is -1.90. The van der Waals surface area contributed by atoms with E-state index in [0.717, 1.165) is 22.6 Å². The number of aromatic amines is 1. The Morgan fingerprint density at radius 2 is 2.06 bits per heavy atom. The molecule has 0 aliphatic rings. The Morgan fingerprint density at radius 1 is 1.28 bits per heavy atom. The normalized spacial score (nSPS) is 11.1. The first-order valence-electron chi connectivity index (χ1n) is 5.99. The van der Waals surface area contributed by atoms with E-state index in [4.69, 9.17) is 0 Å². The fraction of sp³-hybridized carbons (Fsp3) is 0.214. The summed E-state index contributed by atoms with van der Waals surface area (Å²) in [6.07, 6.45) is 2.13. The summed E-state index contributed by atoms with van der Waals surface area (Å²) in [4.78, 5) is 0. The number of benzene rings is 1. The molecule has 0 atom stereocenters. The monoisotopic (exact) mass is 240 g/mol. The molecule has 0 aliphatic heterocycles. The Hall–Kier alpha value is -2.23. The topological polar surface area (TPSA) is 45.6 Å². The van der Waals surface area contributed by atoms with Crippen molar-refractivity contribution in [2.24, 2.45) is 7.05 Å². The molecule has 2 aromatic heterocycles. The van der Waals surface area contributed by atoms with Crippen LogP contribution in [0.3, 0.4) is 0 Å². The van der Waals surface area contributed by atoms with E-state index >= 15 is 0 Å². The van der Waals surface area contributed by atoms with Crippen LogP contribution < -0.4 is 5.32 Å². The van der Waals surface area contributed by atoms with Crippen molar-refractivity contribution < 1.29 is 0 Å². The average Bonchev–Trinajstić information content (AvgIpc) is 2.91. The van der Waals surface area contributed by atoms with E-state index in [2.05, 4.69) is 57.6 Å². The van der Waals surface area contributed by atoms with Crippen molar-refractivity contribution in [1.82, 2.24) is 14.8 Å². The van der Waals surface area contributed by atoms with Gasteiger partial charge in [0.15, 0.2) is 0 Å². The van der Waals surface area contributed by atoms with Crippen LogP contribution in [0, 0.1) is 6.92 Å². The Kier molecular flexibility index (Phi) is 2.37. The number of fused-ring (bicyclic) bond motifs is 1. The summed E-state index contributed by atoms with van der Waals surface area (Å²) in [7, 11) is 3.98. The average molecular weight is 240 g/mol. The zero-order valence-corrected chi connectivity index (χ0v) is 10.8. The Bertz CT molecular complexity index is 706. The zero-order chi connectivity index (χ0) is 12.7. The lowest BCUT2D eigenvalue weighted by molar-refractivity contribution is 0.968. The van der Waals surface area contributed by atoms with Crippen LogP contribution in [0.15, 0.2) is 30.5 Å². The Balaban J connectivity index is 2.32. The molecule has 3 rings (SSSR count). The molecule has 0 amide bonds. The van der Waals surface area contributed by atoms with Crippen molar-refractivity contribution in [2.45, 2.75) is 6.92 Å². The van der Waals surface area contributed by atoms with Crippen molar-refractivity contribution in [3.8, 4) is 11.3 Å². The SMILES string of the molecule is CNc1c(-c2cn(C)c3ccccc23)n[nH]c1C. The first-order chi connectivity index (χ1) is 8.72. The third-order valence-corrected chi connectivity index (χ3v) is 3.35. The highest BCUT2D eigenvalue weighted by atomic mass is 15.1. The Morgan fingerprint density at radius 3 is 2.83 bits per heavy atom. The maximum Gasteiger partial charge on any atom is 0.118 e. The third-order valence-electron chi connectivity index (χ3n) is 3.35. The van der Waals surface area contributed by atoms with Gasteiger partial charge in [0.2, 0.25) is 0 Å². The number of aromatic nitrogens is 3. The van der Waals surface area contributed by atoms with Gasteiger partial charge in [0.05, 0.1) is 11.4 Å². The predicted octanol–water partition coefficient (Wildman–Crippen LogP) is 2.92. The van der Waals surface area contributed by atoms with Crippen LogP contribution in [0.1, 0.15) is 5.69 Å². The van der Waals surface area contributed by atoms with E-state index in [1.807, 2.05) is 14.0 Å². The van der Waals surface area contributed by atoms with Crippen LogP contribution in [-0.4, -0.2) is 21.8 Å². The second-order valence-corrected chi connectivity index (χ2v) is 4.49. The van der Waals surface area contributed by atoms with Gasteiger partial charge in [-0.1, -0.05) is 18.2 Å². The summed E-state index contributed by atoms with van der Waals surface area (Å²) < 4.78 is 2.13. The van der Waals surface area contributed by atoms with Crippen molar-refractivity contribution in [1.29, 1.82) is 0 Å². The molecule has 0 spiro atoms. The maximum atomic E-state index is 4.42. The van der Waals surface area contributed by atoms with E-state index in [-0.39, 0.29) is 0 Å². The van der Waals surface area contributed by atoms with Gasteiger partial charge in [-0.25, -0.2) is 0 Å². The minimum atomic E-state index is 0.979. The van der Waals surface area contributed by atoms with Crippen molar-refractivity contribution in [2.75, 3.05) is 12.4 Å². The van der Waals surface area contributed by atoms with Crippen LogP contribution in [0.5, 0.6) is 0 Å². The smallest absolute Gasteiger partial charge is 0.118 e. The van der Waals surface area contributed by atoms with E-state index in [1.165, 1.54) is 10.9 Å². The molecule has 4 heteroatoms. The van der Waals surface area contributed by atoms with Crippen LogP contribution in [0.2, 0.25) is 0 Å². The summed E-state index contributed by atoms with van der Waals surface area (Å²) in [5.74, 6) is 0. The molecular weight excluding hydrogens is 224 g/mol. The van der Waals surface area contributed by atoms with Crippen LogP contribution >= 0.6 is 0 Å². The van der Waals surface area contributed by atoms with Gasteiger partial charge in [0.1, 0.15) is 5.69 Å². The molecule has 0 saturated heterocycles. The van der Waals surface area contributed by atoms with Gasteiger partial charge >= 0.3 is 0 Å². The van der Waals surface area contributed by atoms with Gasteiger partial charge in [-0.05, 0) is 13.0 Å². The summed E-state index contributed by atoms with van der Waals surface area (Å²) in [6.45, 7) is 2.02. The second kappa shape index (κ2) is 3.91. The predicted molar refractivity (Wildman–Crippen MR) is 74.8 cm³/mol. The molecule has 4 nitrogen and oxygen atoms in total. The molecule has 18 heavy (non-hydrogen) atoms. The van der Waals surface area contributed by atoms with Crippen molar-refractivity contribution in [3.05, 3.63) is 36.2 Å². The number of rotatable bonds is 2. The fourth-order valence-electron chi connectivity index (χ4n) is 2.46. The first-order valence-corrected chi connectivity index (χ1v) is 5.99. The first kappa shape index (κ1) is 10.9. The second-order valence-electron chi connectivity index (χ2n) is 4.49. The Labute approximate surface area is 106 Å². The van der Waals surface area contributed by atoms with E-state index in [1.54, 1.807) is 0 Å². The van der Waals surface area contributed by atoms with Gasteiger partial charge in [-0.3, -0.25) is 5.10 Å². The minimum absolute atomic E-state index is 0.979. The number of anilines is 1. The van der Waals surface area contributed by atoms with Gasteiger partial charge in [0, 0.05) is 36.8 Å². The number of H-pyrrole nitrogens is 1. The van der Waals surface area contributed by atoms with Gasteiger partial charge in [0.25, 0.3) is 0 Å². The summed E-state index contributed by atoms with van der Waals surface area (Å²) in [5, 5.41) is 11.9. The lowest BCUT2D eigenvalue weighted by Gasteiger charge is -2.01. The van der Waals surface area contributed by atoms with Crippen LogP contribution in [0.4, 0.5) is 5.69 Å². The number of hydrogen-bond acceptors (Lipinski definition) is 2. The fourth-order valence-corrected chi connectivity index (χ4v) is 2.46. The highest BCUT2D eigenvalue weighted by Gasteiger charge is 2.15. The molecule has 1 aromatic carbocycles. The molecule has 0 radical (unpaired) electrons. The van der Waals surface area contributed by atoms with Gasteiger partial charge in [-0.15, -0.1) is 0 Å².